The molecule has 1 aliphatic heterocycles. The molecule has 4 aromatic carbocycles. The molecule has 0 radical (unpaired) electrons. The van der Waals surface area contributed by atoms with Crippen LogP contribution in [-0.4, -0.2) is 23.8 Å². The number of rotatable bonds is 6. The maximum Gasteiger partial charge on any atom is 0.255 e. The quantitative estimate of drug-likeness (QED) is 0.299. The molecule has 0 aliphatic carbocycles. The number of nitrogens with zero attached hydrogens (tertiary/aromatic N) is 1. The lowest BCUT2D eigenvalue weighted by Crippen LogP contribution is -2.45. The van der Waals surface area contributed by atoms with Crippen molar-refractivity contribution in [1.82, 2.24) is 4.90 Å². The third-order valence-corrected chi connectivity index (χ3v) is 6.92. The van der Waals surface area contributed by atoms with E-state index in [1.54, 1.807) is 60.5 Å². The monoisotopic (exact) mass is 532 g/mol. The van der Waals surface area contributed by atoms with E-state index in [0.29, 0.717) is 33.7 Å². The highest BCUT2D eigenvalue weighted by molar-refractivity contribution is 6.31. The lowest BCUT2D eigenvalue weighted by molar-refractivity contribution is -0.119. The van der Waals surface area contributed by atoms with E-state index in [0.717, 1.165) is 0 Å². The van der Waals surface area contributed by atoms with Crippen molar-refractivity contribution in [2.75, 3.05) is 12.4 Å². The van der Waals surface area contributed by atoms with Gasteiger partial charge in [-0.1, -0.05) is 54.1 Å². The molecule has 8 heteroatoms. The SMILES string of the molecule is COc1ccc([C@H]2[C@H](C(=O)Nc3ccc(F)c(Cl)c3)c3ccccc3C(=O)N2Cc2ccc(F)cc2)cc1. The van der Waals surface area contributed by atoms with Crippen LogP contribution < -0.4 is 10.1 Å². The molecule has 5 rings (SSSR count). The molecule has 1 heterocycles. The lowest BCUT2D eigenvalue weighted by atomic mass is 9.79. The zero-order chi connectivity index (χ0) is 26.8. The Morgan fingerprint density at radius 2 is 1.68 bits per heavy atom. The fraction of sp³-hybridized carbons (Fsp3) is 0.133. The van der Waals surface area contributed by atoms with Crippen molar-refractivity contribution in [3.05, 3.63) is 130 Å². The summed E-state index contributed by atoms with van der Waals surface area (Å²) in [6.45, 7) is 0.149. The van der Waals surface area contributed by atoms with Crippen molar-refractivity contribution in [3.63, 3.8) is 0 Å². The summed E-state index contributed by atoms with van der Waals surface area (Å²) >= 11 is 5.94. The Kier molecular flexibility index (Phi) is 7.11. The summed E-state index contributed by atoms with van der Waals surface area (Å²) < 4.78 is 32.6. The molecule has 2 amide bonds. The Labute approximate surface area is 223 Å². The Hall–Kier alpha value is -4.23. The van der Waals surface area contributed by atoms with Gasteiger partial charge in [0.05, 0.1) is 24.1 Å². The van der Waals surface area contributed by atoms with Crippen LogP contribution in [0.15, 0.2) is 91.0 Å². The molecule has 4 aromatic rings. The van der Waals surface area contributed by atoms with Crippen LogP contribution in [0.4, 0.5) is 14.5 Å². The predicted octanol–water partition coefficient (Wildman–Crippen LogP) is 6.75. The van der Waals surface area contributed by atoms with Crippen molar-refractivity contribution >= 4 is 29.1 Å². The maximum absolute atomic E-state index is 13.9. The van der Waals surface area contributed by atoms with Gasteiger partial charge in [-0.2, -0.15) is 0 Å². The molecule has 1 N–H and O–H groups in total. The molecular formula is C30H23ClF2N2O3. The lowest BCUT2D eigenvalue weighted by Gasteiger charge is -2.42. The summed E-state index contributed by atoms with van der Waals surface area (Å²) in [5, 5.41) is 2.73. The highest BCUT2D eigenvalue weighted by Crippen LogP contribution is 2.44. The van der Waals surface area contributed by atoms with E-state index in [4.69, 9.17) is 16.3 Å². The number of fused-ring (bicyclic) bond motifs is 1. The number of hydrogen-bond donors (Lipinski definition) is 1. The van der Waals surface area contributed by atoms with Crippen LogP contribution in [0.1, 0.15) is 39.0 Å². The Morgan fingerprint density at radius 1 is 0.974 bits per heavy atom. The second kappa shape index (κ2) is 10.6. The highest BCUT2D eigenvalue weighted by atomic mass is 35.5. The topological polar surface area (TPSA) is 58.6 Å². The minimum Gasteiger partial charge on any atom is -0.497 e. The smallest absolute Gasteiger partial charge is 0.255 e. The number of halogens is 3. The number of benzene rings is 4. The molecule has 192 valence electrons. The molecule has 0 spiro atoms. The molecule has 0 fully saturated rings. The number of hydrogen-bond acceptors (Lipinski definition) is 3. The Morgan fingerprint density at radius 3 is 2.37 bits per heavy atom. The highest BCUT2D eigenvalue weighted by Gasteiger charge is 2.44. The summed E-state index contributed by atoms with van der Waals surface area (Å²) in [7, 11) is 1.56. The summed E-state index contributed by atoms with van der Waals surface area (Å²) in [5.41, 5.74) is 2.72. The van der Waals surface area contributed by atoms with Crippen LogP contribution in [0.25, 0.3) is 0 Å². The third kappa shape index (κ3) is 4.97. The molecule has 38 heavy (non-hydrogen) atoms. The molecule has 0 saturated heterocycles. The van der Waals surface area contributed by atoms with Gasteiger partial charge in [0.15, 0.2) is 0 Å². The van der Waals surface area contributed by atoms with Crippen molar-refractivity contribution in [3.8, 4) is 5.75 Å². The van der Waals surface area contributed by atoms with Gasteiger partial charge in [0, 0.05) is 17.8 Å². The van der Waals surface area contributed by atoms with E-state index in [-0.39, 0.29) is 23.3 Å². The summed E-state index contributed by atoms with van der Waals surface area (Å²) in [4.78, 5) is 29.4. The van der Waals surface area contributed by atoms with Gasteiger partial charge in [0.25, 0.3) is 5.91 Å². The Bertz CT molecular complexity index is 1490. The first-order valence-electron chi connectivity index (χ1n) is 11.9. The van der Waals surface area contributed by atoms with Crippen LogP contribution in [0, 0.1) is 11.6 Å². The third-order valence-electron chi connectivity index (χ3n) is 6.63. The average Bonchev–Trinajstić information content (AvgIpc) is 2.93. The molecule has 2 atom stereocenters. The van der Waals surface area contributed by atoms with Crippen molar-refractivity contribution in [2.45, 2.75) is 18.5 Å². The van der Waals surface area contributed by atoms with Gasteiger partial charge in [-0.15, -0.1) is 0 Å². The number of ether oxygens (including phenoxy) is 1. The van der Waals surface area contributed by atoms with Crippen LogP contribution in [0.2, 0.25) is 5.02 Å². The first-order valence-corrected chi connectivity index (χ1v) is 12.3. The van der Waals surface area contributed by atoms with E-state index in [2.05, 4.69) is 5.32 Å². The fourth-order valence-corrected chi connectivity index (χ4v) is 4.98. The maximum atomic E-state index is 13.9. The van der Waals surface area contributed by atoms with Crippen LogP contribution in [0.3, 0.4) is 0 Å². The van der Waals surface area contributed by atoms with Crippen molar-refractivity contribution in [2.24, 2.45) is 0 Å². The van der Waals surface area contributed by atoms with Gasteiger partial charge in [-0.3, -0.25) is 9.59 Å². The minimum atomic E-state index is -0.818. The first-order chi connectivity index (χ1) is 18.4. The van der Waals surface area contributed by atoms with Gasteiger partial charge < -0.3 is 15.0 Å². The molecular weight excluding hydrogens is 510 g/mol. The molecule has 5 nitrogen and oxygen atoms in total. The zero-order valence-electron chi connectivity index (χ0n) is 20.3. The van der Waals surface area contributed by atoms with Gasteiger partial charge in [0.1, 0.15) is 17.4 Å². The van der Waals surface area contributed by atoms with E-state index < -0.39 is 23.7 Å². The molecule has 0 unspecified atom stereocenters. The predicted molar refractivity (Wildman–Crippen MR) is 141 cm³/mol. The average molecular weight is 533 g/mol. The zero-order valence-corrected chi connectivity index (χ0v) is 21.1. The van der Waals surface area contributed by atoms with E-state index in [9.17, 15) is 18.4 Å². The fourth-order valence-electron chi connectivity index (χ4n) is 4.80. The second-order valence-electron chi connectivity index (χ2n) is 8.96. The van der Waals surface area contributed by atoms with Gasteiger partial charge >= 0.3 is 0 Å². The van der Waals surface area contributed by atoms with Gasteiger partial charge in [0.2, 0.25) is 5.91 Å². The molecule has 0 saturated carbocycles. The van der Waals surface area contributed by atoms with E-state index in [1.165, 1.54) is 30.3 Å². The van der Waals surface area contributed by atoms with Crippen molar-refractivity contribution in [1.29, 1.82) is 0 Å². The largest absolute Gasteiger partial charge is 0.497 e. The molecule has 1 aliphatic rings. The van der Waals surface area contributed by atoms with Gasteiger partial charge in [-0.25, -0.2) is 8.78 Å². The van der Waals surface area contributed by atoms with Crippen LogP contribution in [0.5, 0.6) is 5.75 Å². The number of methoxy groups -OCH3 is 1. The standard InChI is InChI=1S/C30H23ClF2N2O3/c1-38-22-13-8-19(9-14-22)28-27(29(36)34-21-12-15-26(33)25(31)16-21)23-4-2-3-5-24(23)30(37)35(28)17-18-6-10-20(32)11-7-18/h2-16,27-28H,17H2,1H3,(H,34,36)/t27-,28+/m1/s1. The summed E-state index contributed by atoms with van der Waals surface area (Å²) in [6.07, 6.45) is 0. The van der Waals surface area contributed by atoms with Gasteiger partial charge in [-0.05, 0) is 65.2 Å². The Balaban J connectivity index is 1.63. The normalized spacial score (nSPS) is 16.6. The number of amides is 2. The molecule has 0 bridgehead atoms. The molecule has 0 aromatic heterocycles. The number of anilines is 1. The summed E-state index contributed by atoms with van der Waals surface area (Å²) in [6, 6.07) is 23.3. The number of carbonyl (C=O) groups is 2. The second-order valence-corrected chi connectivity index (χ2v) is 9.37. The minimum absolute atomic E-state index is 0.119. The number of carbonyl (C=O) groups excluding carboxylic acids is 2. The van der Waals surface area contributed by atoms with Crippen LogP contribution in [-0.2, 0) is 11.3 Å². The van der Waals surface area contributed by atoms with Crippen LogP contribution >= 0.6 is 11.6 Å². The first kappa shape index (κ1) is 25.4. The van der Waals surface area contributed by atoms with Crippen molar-refractivity contribution < 1.29 is 23.1 Å². The number of nitrogens with one attached hydrogen (secondary N) is 1. The summed E-state index contributed by atoms with van der Waals surface area (Å²) in [5.74, 6) is -1.81. The van der Waals surface area contributed by atoms with E-state index >= 15 is 0 Å². The van der Waals surface area contributed by atoms with E-state index in [1.807, 2.05) is 12.1 Å².